The number of carbonyl (C=O) groups excluding carboxylic acids is 1. The quantitative estimate of drug-likeness (QED) is 0.423. The van der Waals surface area contributed by atoms with Crippen LogP contribution < -0.4 is 5.32 Å². The van der Waals surface area contributed by atoms with Crippen molar-refractivity contribution in [1.82, 2.24) is 9.38 Å². The average Bonchev–Trinajstić information content (AvgIpc) is 3.11. The molecule has 0 radical (unpaired) electrons. The van der Waals surface area contributed by atoms with Gasteiger partial charge in [0.1, 0.15) is 5.65 Å². The molecule has 7 heteroatoms. The van der Waals surface area contributed by atoms with Gasteiger partial charge in [-0.05, 0) is 42.8 Å². The topological polar surface area (TPSA) is 89.5 Å². The number of pyridine rings is 1. The Labute approximate surface area is 160 Å². The van der Waals surface area contributed by atoms with Crippen molar-refractivity contribution in [3.8, 4) is 11.3 Å². The summed E-state index contributed by atoms with van der Waals surface area (Å²) in [5.41, 5.74) is 4.58. The third kappa shape index (κ3) is 3.45. The molecule has 2 heterocycles. The van der Waals surface area contributed by atoms with Crippen LogP contribution in [0.15, 0.2) is 73.1 Å². The summed E-state index contributed by atoms with van der Waals surface area (Å²) >= 11 is 0. The fraction of sp³-hybridized carbons (Fsp3) is 0.0476. The number of benzene rings is 2. The Morgan fingerprint density at radius 3 is 2.61 bits per heavy atom. The van der Waals surface area contributed by atoms with Crippen LogP contribution in [0.2, 0.25) is 0 Å². The third-order valence-electron chi connectivity index (χ3n) is 4.36. The molecule has 0 spiro atoms. The number of non-ortho nitro benzene ring substituents is 1. The maximum Gasteiger partial charge on any atom is 0.269 e. The Balaban J connectivity index is 1.57. The summed E-state index contributed by atoms with van der Waals surface area (Å²) in [6, 6.07) is 16.8. The van der Waals surface area contributed by atoms with E-state index in [1.165, 1.54) is 24.3 Å². The summed E-state index contributed by atoms with van der Waals surface area (Å²) in [5, 5.41) is 13.5. The van der Waals surface area contributed by atoms with Crippen molar-refractivity contribution >= 4 is 22.9 Å². The number of nitro benzene ring substituents is 1. The predicted octanol–water partition coefficient (Wildman–Crippen LogP) is 4.47. The van der Waals surface area contributed by atoms with Gasteiger partial charge in [0, 0.05) is 41.3 Å². The summed E-state index contributed by atoms with van der Waals surface area (Å²) in [5.74, 6) is -0.335. The van der Waals surface area contributed by atoms with Gasteiger partial charge in [0.2, 0.25) is 0 Å². The van der Waals surface area contributed by atoms with Crippen LogP contribution in [-0.2, 0) is 0 Å². The minimum Gasteiger partial charge on any atom is -0.322 e. The average molecular weight is 372 g/mol. The van der Waals surface area contributed by atoms with E-state index in [0.717, 1.165) is 22.5 Å². The molecule has 0 bridgehead atoms. The molecular weight excluding hydrogens is 356 g/mol. The molecule has 7 nitrogen and oxygen atoms in total. The van der Waals surface area contributed by atoms with Crippen LogP contribution in [0.5, 0.6) is 0 Å². The zero-order valence-corrected chi connectivity index (χ0v) is 15.0. The van der Waals surface area contributed by atoms with Gasteiger partial charge >= 0.3 is 0 Å². The molecule has 0 aliphatic rings. The maximum absolute atomic E-state index is 12.4. The van der Waals surface area contributed by atoms with E-state index in [2.05, 4.69) is 10.3 Å². The fourth-order valence-corrected chi connectivity index (χ4v) is 2.94. The van der Waals surface area contributed by atoms with Crippen LogP contribution in [0.25, 0.3) is 16.9 Å². The molecule has 0 fully saturated rings. The lowest BCUT2D eigenvalue weighted by atomic mass is 10.1. The van der Waals surface area contributed by atoms with E-state index >= 15 is 0 Å². The second-order valence-corrected chi connectivity index (χ2v) is 6.44. The van der Waals surface area contributed by atoms with Gasteiger partial charge in [-0.2, -0.15) is 0 Å². The molecule has 4 aromatic rings. The molecular formula is C21H16N4O3. The standard InChI is InChI=1S/C21H16N4O3/c1-14-5-10-20-23-19(13-24(20)12-14)16-3-2-4-17(11-16)22-21(26)15-6-8-18(9-7-15)25(27)28/h2-13H,1H3,(H,22,26). The van der Waals surface area contributed by atoms with Crippen LogP contribution in [0, 0.1) is 17.0 Å². The Morgan fingerprint density at radius 2 is 1.86 bits per heavy atom. The molecule has 2 aromatic carbocycles. The highest BCUT2D eigenvalue weighted by Gasteiger charge is 2.11. The van der Waals surface area contributed by atoms with E-state index in [-0.39, 0.29) is 11.6 Å². The molecule has 138 valence electrons. The van der Waals surface area contributed by atoms with Gasteiger partial charge in [0.05, 0.1) is 10.6 Å². The third-order valence-corrected chi connectivity index (χ3v) is 4.36. The van der Waals surface area contributed by atoms with Crippen LogP contribution in [-0.4, -0.2) is 20.2 Å². The molecule has 0 aliphatic carbocycles. The van der Waals surface area contributed by atoms with E-state index in [4.69, 9.17) is 0 Å². The highest BCUT2D eigenvalue weighted by molar-refractivity contribution is 6.04. The molecule has 0 unspecified atom stereocenters. The first-order chi connectivity index (χ1) is 13.5. The highest BCUT2D eigenvalue weighted by Crippen LogP contribution is 2.23. The minimum atomic E-state index is -0.499. The van der Waals surface area contributed by atoms with Crippen LogP contribution in [0.3, 0.4) is 0 Å². The summed E-state index contributed by atoms with van der Waals surface area (Å²) < 4.78 is 1.97. The van der Waals surface area contributed by atoms with E-state index in [9.17, 15) is 14.9 Å². The highest BCUT2D eigenvalue weighted by atomic mass is 16.6. The number of anilines is 1. The van der Waals surface area contributed by atoms with Crippen molar-refractivity contribution in [3.05, 3.63) is 94.3 Å². The van der Waals surface area contributed by atoms with Gasteiger partial charge in [-0.25, -0.2) is 4.98 Å². The van der Waals surface area contributed by atoms with Crippen LogP contribution >= 0.6 is 0 Å². The first kappa shape index (κ1) is 17.4. The Morgan fingerprint density at radius 1 is 1.07 bits per heavy atom. The second-order valence-electron chi connectivity index (χ2n) is 6.44. The largest absolute Gasteiger partial charge is 0.322 e. The Bertz CT molecular complexity index is 1200. The van der Waals surface area contributed by atoms with Gasteiger partial charge in [0.15, 0.2) is 0 Å². The van der Waals surface area contributed by atoms with Gasteiger partial charge in [-0.3, -0.25) is 14.9 Å². The summed E-state index contributed by atoms with van der Waals surface area (Å²) in [7, 11) is 0. The number of hydrogen-bond donors (Lipinski definition) is 1. The molecule has 1 N–H and O–H groups in total. The summed E-state index contributed by atoms with van der Waals surface area (Å²) in [6.07, 6.45) is 3.95. The van der Waals surface area contributed by atoms with Crippen molar-refractivity contribution in [1.29, 1.82) is 0 Å². The number of aromatic nitrogens is 2. The van der Waals surface area contributed by atoms with Gasteiger partial charge in [0.25, 0.3) is 11.6 Å². The molecule has 2 aromatic heterocycles. The monoisotopic (exact) mass is 372 g/mol. The number of nitrogens with zero attached hydrogens (tertiary/aromatic N) is 3. The fourth-order valence-electron chi connectivity index (χ4n) is 2.94. The number of nitrogens with one attached hydrogen (secondary N) is 1. The van der Waals surface area contributed by atoms with Crippen molar-refractivity contribution in [2.75, 3.05) is 5.32 Å². The first-order valence-electron chi connectivity index (χ1n) is 8.61. The zero-order valence-electron chi connectivity index (χ0n) is 15.0. The molecule has 0 saturated carbocycles. The number of aryl methyl sites for hydroxylation is 1. The number of fused-ring (bicyclic) bond motifs is 1. The van der Waals surface area contributed by atoms with Crippen LogP contribution in [0.4, 0.5) is 11.4 Å². The van der Waals surface area contributed by atoms with Crippen molar-refractivity contribution in [2.24, 2.45) is 0 Å². The zero-order chi connectivity index (χ0) is 19.7. The molecule has 4 rings (SSSR count). The van der Waals surface area contributed by atoms with Gasteiger partial charge < -0.3 is 9.72 Å². The number of amides is 1. The normalized spacial score (nSPS) is 10.8. The smallest absolute Gasteiger partial charge is 0.269 e. The minimum absolute atomic E-state index is 0.0550. The number of imidazole rings is 1. The molecule has 28 heavy (non-hydrogen) atoms. The van der Waals surface area contributed by atoms with E-state index in [1.54, 1.807) is 6.07 Å². The van der Waals surface area contributed by atoms with Crippen molar-refractivity contribution < 1.29 is 9.72 Å². The molecule has 0 aliphatic heterocycles. The lowest BCUT2D eigenvalue weighted by Crippen LogP contribution is -2.11. The predicted molar refractivity (Wildman–Crippen MR) is 106 cm³/mol. The molecule has 0 saturated heterocycles. The van der Waals surface area contributed by atoms with Gasteiger partial charge in [-0.15, -0.1) is 0 Å². The summed E-state index contributed by atoms with van der Waals surface area (Å²) in [4.78, 5) is 27.3. The number of nitro groups is 1. The van der Waals surface area contributed by atoms with Crippen molar-refractivity contribution in [3.63, 3.8) is 0 Å². The summed E-state index contributed by atoms with van der Waals surface area (Å²) in [6.45, 7) is 2.02. The van der Waals surface area contributed by atoms with E-state index in [1.807, 2.05) is 54.0 Å². The Hall–Kier alpha value is -4.00. The van der Waals surface area contributed by atoms with E-state index in [0.29, 0.717) is 11.3 Å². The molecule has 0 atom stereocenters. The number of rotatable bonds is 4. The number of hydrogen-bond acceptors (Lipinski definition) is 4. The van der Waals surface area contributed by atoms with Gasteiger partial charge in [-0.1, -0.05) is 18.2 Å². The SMILES string of the molecule is Cc1ccc2nc(-c3cccc(NC(=O)c4ccc([N+](=O)[O-])cc4)c3)cn2c1. The number of carbonyl (C=O) groups is 1. The second kappa shape index (κ2) is 6.96. The lowest BCUT2D eigenvalue weighted by Gasteiger charge is -2.06. The van der Waals surface area contributed by atoms with Crippen LogP contribution in [0.1, 0.15) is 15.9 Å². The lowest BCUT2D eigenvalue weighted by molar-refractivity contribution is -0.384. The first-order valence-corrected chi connectivity index (χ1v) is 8.61. The van der Waals surface area contributed by atoms with E-state index < -0.39 is 4.92 Å². The Kier molecular flexibility index (Phi) is 4.33. The molecule has 1 amide bonds. The maximum atomic E-state index is 12.4. The van der Waals surface area contributed by atoms with Crippen molar-refractivity contribution in [2.45, 2.75) is 6.92 Å².